The van der Waals surface area contributed by atoms with E-state index in [2.05, 4.69) is 4.72 Å². The van der Waals surface area contributed by atoms with Crippen molar-refractivity contribution < 1.29 is 18.3 Å². The molecular weight excluding hydrogens is 276 g/mol. The maximum atomic E-state index is 11.8. The van der Waals surface area contributed by atoms with Gasteiger partial charge in [-0.1, -0.05) is 13.0 Å². The molecule has 0 aromatic carbocycles. The third-order valence-corrected chi connectivity index (χ3v) is 4.94. The van der Waals surface area contributed by atoms with Crippen molar-refractivity contribution in [3.05, 3.63) is 22.4 Å². The first-order valence-corrected chi connectivity index (χ1v) is 7.52. The molecule has 6 nitrogen and oxygen atoms in total. The summed E-state index contributed by atoms with van der Waals surface area (Å²) in [6.07, 6.45) is 0.0998. The summed E-state index contributed by atoms with van der Waals surface area (Å²) in [7, 11) is -3.98. The van der Waals surface area contributed by atoms with E-state index in [4.69, 9.17) is 10.4 Å². The molecule has 2 N–H and O–H groups in total. The first kappa shape index (κ1) is 14.6. The lowest BCUT2D eigenvalue weighted by molar-refractivity contribution is -0.139. The summed E-state index contributed by atoms with van der Waals surface area (Å²) in [5.41, 5.74) is 0. The Labute approximate surface area is 109 Å². The SMILES string of the molecule is CCC(C#N)S(=O)(=O)NC(C(=O)O)c1cccs1. The van der Waals surface area contributed by atoms with Crippen LogP contribution in [0, 0.1) is 11.3 Å². The summed E-state index contributed by atoms with van der Waals surface area (Å²) < 4.78 is 25.7. The minimum Gasteiger partial charge on any atom is -0.480 e. The second kappa shape index (κ2) is 5.95. The fourth-order valence-electron chi connectivity index (χ4n) is 1.31. The third-order valence-electron chi connectivity index (χ3n) is 2.25. The van der Waals surface area contributed by atoms with Gasteiger partial charge in [-0.3, -0.25) is 4.79 Å². The van der Waals surface area contributed by atoms with Gasteiger partial charge in [0.25, 0.3) is 0 Å². The Morgan fingerprint density at radius 3 is 2.72 bits per heavy atom. The van der Waals surface area contributed by atoms with Crippen LogP contribution in [-0.4, -0.2) is 24.7 Å². The number of nitrogens with one attached hydrogen (secondary N) is 1. The number of carboxylic acid groups (broad SMARTS) is 1. The highest BCUT2D eigenvalue weighted by molar-refractivity contribution is 7.90. The predicted molar refractivity (Wildman–Crippen MR) is 66.4 cm³/mol. The zero-order valence-electron chi connectivity index (χ0n) is 9.53. The summed E-state index contributed by atoms with van der Waals surface area (Å²) in [4.78, 5) is 11.4. The van der Waals surface area contributed by atoms with Crippen molar-refractivity contribution in [1.82, 2.24) is 4.72 Å². The third kappa shape index (κ3) is 3.29. The molecule has 8 heteroatoms. The molecule has 0 aliphatic heterocycles. The molecule has 98 valence electrons. The van der Waals surface area contributed by atoms with E-state index < -0.39 is 27.3 Å². The van der Waals surface area contributed by atoms with E-state index >= 15 is 0 Å². The van der Waals surface area contributed by atoms with Crippen LogP contribution in [0.25, 0.3) is 0 Å². The molecule has 0 aliphatic rings. The molecule has 0 amide bonds. The predicted octanol–water partition coefficient (Wildman–Crippen LogP) is 1.10. The van der Waals surface area contributed by atoms with Crippen LogP contribution in [0.3, 0.4) is 0 Å². The number of carboxylic acids is 1. The number of carbonyl (C=O) groups is 1. The molecular formula is C10H12N2O4S2. The Morgan fingerprint density at radius 2 is 2.33 bits per heavy atom. The van der Waals surface area contributed by atoms with E-state index in [1.165, 1.54) is 6.07 Å². The molecule has 0 bridgehead atoms. The lowest BCUT2D eigenvalue weighted by Crippen LogP contribution is -2.38. The molecule has 0 saturated heterocycles. The van der Waals surface area contributed by atoms with E-state index in [1.807, 2.05) is 0 Å². The Balaban J connectivity index is 3.00. The molecule has 18 heavy (non-hydrogen) atoms. The minimum atomic E-state index is -3.98. The first-order valence-electron chi connectivity index (χ1n) is 5.09. The highest BCUT2D eigenvalue weighted by Crippen LogP contribution is 2.21. The number of sulfonamides is 1. The Morgan fingerprint density at radius 1 is 1.67 bits per heavy atom. The van der Waals surface area contributed by atoms with Crippen molar-refractivity contribution in [1.29, 1.82) is 5.26 Å². The van der Waals surface area contributed by atoms with Gasteiger partial charge in [-0.15, -0.1) is 11.3 Å². The van der Waals surface area contributed by atoms with Gasteiger partial charge in [-0.25, -0.2) is 8.42 Å². The van der Waals surface area contributed by atoms with Crippen LogP contribution in [0.5, 0.6) is 0 Å². The molecule has 1 aromatic rings. The van der Waals surface area contributed by atoms with Gasteiger partial charge in [0, 0.05) is 4.88 Å². The van der Waals surface area contributed by atoms with Gasteiger partial charge < -0.3 is 5.11 Å². The summed E-state index contributed by atoms with van der Waals surface area (Å²) in [6.45, 7) is 1.55. The van der Waals surface area contributed by atoms with E-state index in [0.717, 1.165) is 11.3 Å². The van der Waals surface area contributed by atoms with Crippen LogP contribution in [-0.2, 0) is 14.8 Å². The first-order chi connectivity index (χ1) is 8.42. The second-order valence-corrected chi connectivity index (χ2v) is 6.35. The molecule has 0 aliphatic carbocycles. The molecule has 0 radical (unpaired) electrons. The van der Waals surface area contributed by atoms with Gasteiger partial charge in [0.1, 0.15) is 0 Å². The lowest BCUT2D eigenvalue weighted by atomic mass is 10.3. The Hall–Kier alpha value is -1.43. The van der Waals surface area contributed by atoms with Gasteiger partial charge in [-0.05, 0) is 17.9 Å². The van der Waals surface area contributed by atoms with Crippen LogP contribution in [0.4, 0.5) is 0 Å². The quantitative estimate of drug-likeness (QED) is 0.815. The van der Waals surface area contributed by atoms with Gasteiger partial charge >= 0.3 is 5.97 Å². The fraction of sp³-hybridized carbons (Fsp3) is 0.400. The Bertz CT molecular complexity index is 545. The minimum absolute atomic E-state index is 0.0998. The molecule has 2 atom stereocenters. The van der Waals surface area contributed by atoms with Crippen LogP contribution >= 0.6 is 11.3 Å². The zero-order valence-corrected chi connectivity index (χ0v) is 11.2. The molecule has 0 saturated carbocycles. The van der Waals surface area contributed by atoms with Gasteiger partial charge in [0.15, 0.2) is 11.3 Å². The van der Waals surface area contributed by atoms with Crippen LogP contribution in [0.15, 0.2) is 17.5 Å². The number of thiophene rings is 1. The number of hydrogen-bond donors (Lipinski definition) is 2. The smallest absolute Gasteiger partial charge is 0.327 e. The average Bonchev–Trinajstić information content (AvgIpc) is 2.80. The summed E-state index contributed by atoms with van der Waals surface area (Å²) in [5, 5.41) is 18.2. The number of nitrogens with zero attached hydrogens (tertiary/aromatic N) is 1. The number of nitriles is 1. The lowest BCUT2D eigenvalue weighted by Gasteiger charge is -2.15. The molecule has 1 heterocycles. The normalized spacial score (nSPS) is 14.7. The van der Waals surface area contributed by atoms with E-state index in [9.17, 15) is 13.2 Å². The molecule has 1 aromatic heterocycles. The van der Waals surface area contributed by atoms with Crippen LogP contribution in [0.2, 0.25) is 0 Å². The van der Waals surface area contributed by atoms with E-state index in [0.29, 0.717) is 4.88 Å². The topological polar surface area (TPSA) is 107 Å². The van der Waals surface area contributed by atoms with Gasteiger partial charge in [-0.2, -0.15) is 9.98 Å². The van der Waals surface area contributed by atoms with Crippen molar-refractivity contribution in [3.8, 4) is 6.07 Å². The van der Waals surface area contributed by atoms with Crippen molar-refractivity contribution >= 4 is 27.3 Å². The largest absolute Gasteiger partial charge is 0.480 e. The van der Waals surface area contributed by atoms with Crippen molar-refractivity contribution in [2.24, 2.45) is 0 Å². The van der Waals surface area contributed by atoms with Crippen LogP contribution < -0.4 is 4.72 Å². The van der Waals surface area contributed by atoms with Crippen molar-refractivity contribution in [2.75, 3.05) is 0 Å². The fourth-order valence-corrected chi connectivity index (χ4v) is 3.45. The molecule has 2 unspecified atom stereocenters. The maximum absolute atomic E-state index is 11.8. The second-order valence-electron chi connectivity index (χ2n) is 3.48. The molecule has 0 fully saturated rings. The summed E-state index contributed by atoms with van der Waals surface area (Å²) in [5.74, 6) is -1.30. The van der Waals surface area contributed by atoms with Crippen molar-refractivity contribution in [2.45, 2.75) is 24.6 Å². The molecule has 1 rings (SSSR count). The van der Waals surface area contributed by atoms with Crippen molar-refractivity contribution in [3.63, 3.8) is 0 Å². The maximum Gasteiger partial charge on any atom is 0.327 e. The van der Waals surface area contributed by atoms with E-state index in [1.54, 1.807) is 24.4 Å². The average molecular weight is 288 g/mol. The Kier molecular flexibility index (Phi) is 4.84. The summed E-state index contributed by atoms with van der Waals surface area (Å²) in [6, 6.07) is 3.45. The van der Waals surface area contributed by atoms with Gasteiger partial charge in [0.2, 0.25) is 10.0 Å². The number of aliphatic carboxylic acids is 1. The van der Waals surface area contributed by atoms with Gasteiger partial charge in [0.05, 0.1) is 6.07 Å². The monoisotopic (exact) mass is 288 g/mol. The number of hydrogen-bond acceptors (Lipinski definition) is 5. The summed E-state index contributed by atoms with van der Waals surface area (Å²) >= 11 is 1.14. The number of rotatable bonds is 6. The van der Waals surface area contributed by atoms with E-state index in [-0.39, 0.29) is 6.42 Å². The zero-order chi connectivity index (χ0) is 13.8. The standard InChI is InChI=1S/C10H12N2O4S2/c1-2-7(6-11)18(15,16)12-9(10(13)14)8-4-3-5-17-8/h3-5,7,9,12H,2H2,1H3,(H,13,14). The highest BCUT2D eigenvalue weighted by atomic mass is 32.2. The molecule has 0 spiro atoms. The highest BCUT2D eigenvalue weighted by Gasteiger charge is 2.31. The van der Waals surface area contributed by atoms with Crippen LogP contribution in [0.1, 0.15) is 24.3 Å².